The molecule has 0 bridgehead atoms. The zero-order valence-corrected chi connectivity index (χ0v) is 23.9. The molecule has 2 aliphatic rings. The van der Waals surface area contributed by atoms with Crippen LogP contribution in [-0.4, -0.2) is 72.6 Å². The van der Waals surface area contributed by atoms with Crippen LogP contribution in [0.3, 0.4) is 0 Å². The monoisotopic (exact) mass is 669 g/mol. The van der Waals surface area contributed by atoms with Gasteiger partial charge in [0.15, 0.2) is 10.8 Å². The molecule has 0 spiro atoms. The molecule has 2 aliphatic heterocycles. The van der Waals surface area contributed by atoms with Crippen molar-refractivity contribution in [3.8, 4) is 0 Å². The summed E-state index contributed by atoms with van der Waals surface area (Å²) in [7, 11) is 0. The van der Waals surface area contributed by atoms with Crippen molar-refractivity contribution in [3.63, 3.8) is 0 Å². The highest BCUT2D eigenvalue weighted by molar-refractivity contribution is 9.11. The lowest BCUT2D eigenvalue weighted by molar-refractivity contribution is -0.662. The summed E-state index contributed by atoms with van der Waals surface area (Å²) < 4.78 is 3.93. The summed E-state index contributed by atoms with van der Waals surface area (Å²) in [4.78, 5) is 59.1. The number of nitrogen functional groups attached to an aromatic ring is 1. The van der Waals surface area contributed by atoms with E-state index in [0.717, 1.165) is 21.9 Å². The molecule has 1 saturated heterocycles. The van der Waals surface area contributed by atoms with Crippen LogP contribution in [0.1, 0.15) is 5.69 Å². The molecule has 3 aromatic heterocycles. The van der Waals surface area contributed by atoms with Gasteiger partial charge in [-0.05, 0) is 22.0 Å². The summed E-state index contributed by atoms with van der Waals surface area (Å²) in [5, 5.41) is 27.0. The smallest absolute Gasteiger partial charge is 0.344 e. The Bertz CT molecular complexity index is 1640. The average Bonchev–Trinajstić information content (AvgIpc) is 3.45. The number of nitrogens with one attached hydrogen (secondary N) is 1. The zero-order chi connectivity index (χ0) is 28.7. The van der Waals surface area contributed by atoms with E-state index >= 15 is 0 Å². The maximum absolute atomic E-state index is 13.1. The maximum atomic E-state index is 13.1. The lowest BCUT2D eigenvalue weighted by Crippen LogP contribution is -2.71. The number of carboxylic acids is 2. The summed E-state index contributed by atoms with van der Waals surface area (Å²) in [6, 6.07) is 2.40. The number of fused-ring (bicyclic) bond motifs is 2. The van der Waals surface area contributed by atoms with Crippen molar-refractivity contribution in [1.29, 1.82) is 0 Å². The Morgan fingerprint density at radius 2 is 2.17 bits per heavy atom. The van der Waals surface area contributed by atoms with Crippen LogP contribution in [0, 0.1) is 0 Å². The molecule has 0 aromatic carbocycles. The molecule has 18 heteroatoms. The van der Waals surface area contributed by atoms with Gasteiger partial charge in [0, 0.05) is 17.4 Å². The van der Waals surface area contributed by atoms with Gasteiger partial charge in [0.05, 0.1) is 16.7 Å². The second-order valence-corrected chi connectivity index (χ2v) is 12.3. The maximum Gasteiger partial charge on any atom is 0.344 e. The minimum absolute atomic E-state index is 0.0129. The predicted molar refractivity (Wildman–Crippen MR) is 144 cm³/mol. The van der Waals surface area contributed by atoms with Crippen molar-refractivity contribution >= 4 is 90.9 Å². The minimum Gasteiger partial charge on any atom is -0.543 e. The Labute approximate surface area is 246 Å². The molecule has 0 unspecified atom stereocenters. The standard InChI is InChI=1S/C22H17BrClN7O7S2/c23-17-13(27-22(25)40-17)14(28-38-7-12(32)33)18(34)26-15-19(35)31-16(21(36)37)9(8-39-20(15)31)5-29-3-4-30-6-10(24)1-2-11(29)30/h1-4,6,15,20H,5,7-8H2,(H4-,25,26,27,32,33,34,36,37)/b28-14-/t15-,20-/m1/s1. The molecule has 3 aromatic rings. The number of β-lactam (4-membered cyclic amide) rings is 1. The molecule has 1 fully saturated rings. The van der Waals surface area contributed by atoms with E-state index in [1.54, 1.807) is 35.1 Å². The van der Waals surface area contributed by atoms with Gasteiger partial charge in [-0.1, -0.05) is 28.1 Å². The first-order valence-corrected chi connectivity index (χ1v) is 14.3. The summed E-state index contributed by atoms with van der Waals surface area (Å²) >= 11 is 11.5. The number of thiazole rings is 1. The quantitative estimate of drug-likeness (QED) is 0.117. The number of carboxylic acid groups (broad SMARTS) is 2. The normalized spacial score (nSPS) is 18.9. The third-order valence-corrected chi connectivity index (χ3v) is 8.99. The third kappa shape index (κ3) is 5.24. The average molecular weight is 671 g/mol. The molecular weight excluding hydrogens is 654 g/mol. The number of nitrogens with zero attached hydrogens (tertiary/aromatic N) is 5. The Morgan fingerprint density at radius 3 is 2.85 bits per heavy atom. The number of nitrogens with two attached hydrogens (primary N) is 1. The fraction of sp³-hybridized carbons (Fsp3) is 0.227. The zero-order valence-electron chi connectivity index (χ0n) is 19.9. The first-order chi connectivity index (χ1) is 19.0. The number of pyridine rings is 1. The third-order valence-electron chi connectivity index (χ3n) is 5.89. The van der Waals surface area contributed by atoms with Crippen LogP contribution in [0.4, 0.5) is 5.13 Å². The Hall–Kier alpha value is -3.67. The van der Waals surface area contributed by atoms with E-state index < -0.39 is 47.5 Å². The number of imidazole rings is 1. The molecule has 0 radical (unpaired) electrons. The van der Waals surface area contributed by atoms with Gasteiger partial charge in [0.25, 0.3) is 17.5 Å². The molecule has 2 amide bonds. The van der Waals surface area contributed by atoms with E-state index in [9.17, 15) is 24.3 Å². The van der Waals surface area contributed by atoms with E-state index in [2.05, 4.69) is 31.4 Å². The van der Waals surface area contributed by atoms with Crippen LogP contribution in [0.5, 0.6) is 0 Å². The van der Waals surface area contributed by atoms with Crippen molar-refractivity contribution in [1.82, 2.24) is 19.6 Å². The number of carbonyl (C=O) groups excluding carboxylic acids is 3. The number of thioether (sulfide) groups is 1. The van der Waals surface area contributed by atoms with Crippen LogP contribution in [0.2, 0.25) is 5.02 Å². The van der Waals surface area contributed by atoms with Gasteiger partial charge in [-0.25, -0.2) is 18.7 Å². The van der Waals surface area contributed by atoms with Crippen molar-refractivity contribution < 1.29 is 38.8 Å². The number of oxime groups is 1. The number of anilines is 1. The highest BCUT2D eigenvalue weighted by Gasteiger charge is 2.53. The van der Waals surface area contributed by atoms with Gasteiger partial charge < -0.3 is 30.9 Å². The van der Waals surface area contributed by atoms with Crippen molar-refractivity contribution in [2.24, 2.45) is 5.16 Å². The summed E-state index contributed by atoms with van der Waals surface area (Å²) in [5.74, 6) is -4.15. The predicted octanol–water partition coefficient (Wildman–Crippen LogP) is -0.409. The van der Waals surface area contributed by atoms with E-state index in [-0.39, 0.29) is 28.8 Å². The molecule has 5 heterocycles. The van der Waals surface area contributed by atoms with E-state index in [1.807, 2.05) is 4.57 Å². The van der Waals surface area contributed by atoms with Crippen LogP contribution in [-0.2, 0) is 30.6 Å². The lowest BCUT2D eigenvalue weighted by Gasteiger charge is -2.50. The van der Waals surface area contributed by atoms with Gasteiger partial charge in [0.1, 0.15) is 46.0 Å². The van der Waals surface area contributed by atoms with Crippen molar-refractivity contribution in [3.05, 3.63) is 56.5 Å². The van der Waals surface area contributed by atoms with Crippen LogP contribution in [0.25, 0.3) is 5.65 Å². The molecule has 2 atom stereocenters. The van der Waals surface area contributed by atoms with Crippen LogP contribution < -0.4 is 20.7 Å². The second kappa shape index (κ2) is 11.1. The number of hydrogen-bond acceptors (Lipinski definition) is 11. The molecule has 14 nitrogen and oxygen atoms in total. The van der Waals surface area contributed by atoms with E-state index in [4.69, 9.17) is 27.3 Å². The first kappa shape index (κ1) is 27.9. The highest BCUT2D eigenvalue weighted by atomic mass is 79.9. The van der Waals surface area contributed by atoms with Gasteiger partial charge in [-0.15, -0.1) is 11.8 Å². The van der Waals surface area contributed by atoms with Gasteiger partial charge in [-0.2, -0.15) is 0 Å². The van der Waals surface area contributed by atoms with Gasteiger partial charge >= 0.3 is 5.97 Å². The van der Waals surface area contributed by atoms with Crippen LogP contribution in [0.15, 0.2) is 50.9 Å². The number of aliphatic carboxylic acids is 2. The van der Waals surface area contributed by atoms with E-state index in [1.165, 1.54) is 11.8 Å². The van der Waals surface area contributed by atoms with Crippen molar-refractivity contribution in [2.45, 2.75) is 18.0 Å². The topological polar surface area (TPSA) is 196 Å². The fourth-order valence-electron chi connectivity index (χ4n) is 4.22. The summed E-state index contributed by atoms with van der Waals surface area (Å²) in [6.45, 7) is -0.646. The highest BCUT2D eigenvalue weighted by Crippen LogP contribution is 2.40. The summed E-state index contributed by atoms with van der Waals surface area (Å²) in [5.41, 5.74) is 6.23. The second-order valence-electron chi connectivity index (χ2n) is 8.42. The van der Waals surface area contributed by atoms with Crippen molar-refractivity contribution in [2.75, 3.05) is 18.1 Å². The number of carbonyl (C=O) groups is 4. The fourth-order valence-corrected chi connectivity index (χ4v) is 7.06. The molecule has 0 saturated carbocycles. The molecule has 40 heavy (non-hydrogen) atoms. The Kier molecular flexibility index (Phi) is 7.72. The molecule has 4 N–H and O–H groups in total. The Balaban J connectivity index is 1.37. The number of halogens is 2. The lowest BCUT2D eigenvalue weighted by atomic mass is 10.0. The SMILES string of the molecule is Nc1nc(/C(=N/OCC(=O)O)C(=O)N[C@@H]2C(=O)N3C(C(=O)[O-])=C(C[n+]4ccn5cc(Cl)ccc54)CS[C@H]23)c(Br)s1. The number of rotatable bonds is 9. The number of aromatic nitrogens is 3. The number of hydrogen-bond donors (Lipinski definition) is 3. The molecule has 0 aliphatic carbocycles. The largest absolute Gasteiger partial charge is 0.543 e. The van der Waals surface area contributed by atoms with Gasteiger partial charge in [-0.3, -0.25) is 14.5 Å². The van der Waals surface area contributed by atoms with Crippen LogP contribution >= 0.6 is 50.6 Å². The number of amides is 2. The first-order valence-electron chi connectivity index (χ1n) is 11.2. The molecular formula is C22H17BrClN7O7S2. The molecule has 208 valence electrons. The summed E-state index contributed by atoms with van der Waals surface area (Å²) in [6.07, 6.45) is 5.25. The Morgan fingerprint density at radius 1 is 1.40 bits per heavy atom. The minimum atomic E-state index is -1.52. The van der Waals surface area contributed by atoms with Gasteiger partial charge in [0.2, 0.25) is 6.61 Å². The van der Waals surface area contributed by atoms with E-state index in [0.29, 0.717) is 14.4 Å². The molecule has 5 rings (SSSR count).